The van der Waals surface area contributed by atoms with Gasteiger partial charge in [-0.1, -0.05) is 30.3 Å². The number of nitrogens with one attached hydrogen (secondary N) is 3. The molecule has 0 radical (unpaired) electrons. The Balaban J connectivity index is 1.24. The van der Waals surface area contributed by atoms with Gasteiger partial charge in [-0.2, -0.15) is 0 Å². The van der Waals surface area contributed by atoms with Gasteiger partial charge < -0.3 is 25.4 Å². The Morgan fingerprint density at radius 2 is 1.81 bits per heavy atom. The van der Waals surface area contributed by atoms with Gasteiger partial charge >= 0.3 is 0 Å². The molecule has 3 aliphatic heterocycles. The minimum absolute atomic E-state index is 0.0652. The smallest absolute Gasteiger partial charge is 0.256 e. The number of likely N-dealkylation sites (tertiary alicyclic amines) is 2. The highest BCUT2D eigenvalue weighted by Gasteiger charge is 2.34. The second-order valence-electron chi connectivity index (χ2n) is 11.8. The lowest BCUT2D eigenvalue weighted by atomic mass is 10.0. The predicted molar refractivity (Wildman–Crippen MR) is 165 cm³/mol. The number of H-pyrrole nitrogens is 1. The number of carbonyl (C=O) groups excluding carboxylic acids is 3. The Hall–Kier alpha value is -4.17. The molecule has 3 aromatic rings. The summed E-state index contributed by atoms with van der Waals surface area (Å²) in [6, 6.07) is 15.1. The van der Waals surface area contributed by atoms with E-state index in [1.807, 2.05) is 51.1 Å². The zero-order valence-electron chi connectivity index (χ0n) is 24.6. The summed E-state index contributed by atoms with van der Waals surface area (Å²) < 4.78 is 0. The van der Waals surface area contributed by atoms with Crippen molar-refractivity contribution in [2.24, 2.45) is 0 Å². The molecule has 218 valence electrons. The monoisotopic (exact) mass is 565 g/mol. The molecular formula is C34H39N5O3. The van der Waals surface area contributed by atoms with Crippen molar-refractivity contribution in [3.05, 3.63) is 87.7 Å². The van der Waals surface area contributed by atoms with Gasteiger partial charge in [-0.05, 0) is 94.9 Å². The van der Waals surface area contributed by atoms with Crippen molar-refractivity contribution in [3.63, 3.8) is 0 Å². The summed E-state index contributed by atoms with van der Waals surface area (Å²) in [5, 5.41) is 5.97. The summed E-state index contributed by atoms with van der Waals surface area (Å²) in [6.45, 7) is 9.78. The molecule has 0 bridgehead atoms. The Bertz CT molecular complexity index is 1550. The molecule has 1 aromatic heterocycles. The second-order valence-corrected chi connectivity index (χ2v) is 11.8. The van der Waals surface area contributed by atoms with Gasteiger partial charge in [0.25, 0.3) is 17.7 Å². The SMILES string of the molecule is Cc1[nH]c(C=C2C(=O)Nc3ccc(C(=O)N[C@@H](C)c4ccccc4)cc32)c(C)c1C(=O)N1CCC[C@@H]1CN1CCCC1. The first kappa shape index (κ1) is 28.0. The van der Waals surface area contributed by atoms with Crippen LogP contribution in [0.25, 0.3) is 11.6 Å². The van der Waals surface area contributed by atoms with Crippen LogP contribution in [0, 0.1) is 13.8 Å². The molecule has 0 spiro atoms. The highest BCUT2D eigenvalue weighted by atomic mass is 16.2. The lowest BCUT2D eigenvalue weighted by Gasteiger charge is -2.28. The number of benzene rings is 2. The molecule has 3 amide bonds. The number of rotatable bonds is 7. The molecule has 2 saturated heterocycles. The maximum absolute atomic E-state index is 13.8. The second kappa shape index (κ2) is 11.6. The summed E-state index contributed by atoms with van der Waals surface area (Å²) in [5.74, 6) is -0.373. The summed E-state index contributed by atoms with van der Waals surface area (Å²) in [7, 11) is 0. The third-order valence-electron chi connectivity index (χ3n) is 9.00. The number of hydrogen-bond donors (Lipinski definition) is 3. The summed E-state index contributed by atoms with van der Waals surface area (Å²) in [6.07, 6.45) is 6.36. The fraction of sp³-hybridized carbons (Fsp3) is 0.382. The summed E-state index contributed by atoms with van der Waals surface area (Å²) in [5.41, 5.74) is 6.36. The van der Waals surface area contributed by atoms with Gasteiger partial charge in [-0.15, -0.1) is 0 Å². The standard InChI is InChI=1S/C34H39N5O3/c1-21-30(35-23(3)31(21)34(42)39-17-9-12-26(39)20-38-15-7-8-16-38)19-28-27-18-25(13-14-29(27)37-33(28)41)32(40)36-22(2)24-10-5-4-6-11-24/h4-6,10-11,13-14,18-19,22,26,35H,7-9,12,15-17,20H2,1-3H3,(H,36,40)(H,37,41)/t22-,26+/m0/s1. The van der Waals surface area contributed by atoms with E-state index in [1.54, 1.807) is 24.3 Å². The number of aromatic nitrogens is 1. The topological polar surface area (TPSA) is 97.5 Å². The number of amides is 3. The van der Waals surface area contributed by atoms with Gasteiger partial charge in [0.2, 0.25) is 0 Å². The average Bonchev–Trinajstić information content (AvgIpc) is 3.78. The summed E-state index contributed by atoms with van der Waals surface area (Å²) >= 11 is 0. The lowest BCUT2D eigenvalue weighted by Crippen LogP contribution is -2.42. The van der Waals surface area contributed by atoms with E-state index in [0.29, 0.717) is 28.0 Å². The highest BCUT2D eigenvalue weighted by molar-refractivity contribution is 6.35. The average molecular weight is 566 g/mol. The van der Waals surface area contributed by atoms with Crippen LogP contribution in [0.15, 0.2) is 48.5 Å². The molecule has 3 aliphatic rings. The van der Waals surface area contributed by atoms with Gasteiger partial charge in [0.05, 0.1) is 17.2 Å². The molecule has 0 unspecified atom stereocenters. The number of aryl methyl sites for hydroxylation is 1. The molecule has 2 aromatic carbocycles. The van der Waals surface area contributed by atoms with E-state index < -0.39 is 0 Å². The maximum Gasteiger partial charge on any atom is 0.256 e. The third-order valence-corrected chi connectivity index (χ3v) is 9.00. The van der Waals surface area contributed by atoms with Crippen molar-refractivity contribution in [3.8, 4) is 0 Å². The largest absolute Gasteiger partial charge is 0.358 e. The molecule has 0 aliphatic carbocycles. The normalized spacial score (nSPS) is 20.2. The first-order chi connectivity index (χ1) is 20.3. The Labute approximate surface area is 247 Å². The minimum Gasteiger partial charge on any atom is -0.358 e. The van der Waals surface area contributed by atoms with E-state index in [1.165, 1.54) is 12.8 Å². The predicted octanol–water partition coefficient (Wildman–Crippen LogP) is 5.32. The molecule has 42 heavy (non-hydrogen) atoms. The first-order valence-electron chi connectivity index (χ1n) is 15.1. The molecule has 4 heterocycles. The third kappa shape index (κ3) is 5.39. The van der Waals surface area contributed by atoms with Crippen LogP contribution < -0.4 is 10.6 Å². The maximum atomic E-state index is 13.8. The van der Waals surface area contributed by atoms with Crippen molar-refractivity contribution in [2.45, 2.75) is 58.5 Å². The van der Waals surface area contributed by atoms with Crippen LogP contribution in [0.2, 0.25) is 0 Å². The van der Waals surface area contributed by atoms with Crippen molar-refractivity contribution in [1.82, 2.24) is 20.1 Å². The quantitative estimate of drug-likeness (QED) is 0.338. The number of anilines is 1. The highest BCUT2D eigenvalue weighted by Crippen LogP contribution is 2.35. The van der Waals surface area contributed by atoms with E-state index in [0.717, 1.165) is 61.5 Å². The molecule has 3 N–H and O–H groups in total. The van der Waals surface area contributed by atoms with Crippen LogP contribution in [0.3, 0.4) is 0 Å². The zero-order chi connectivity index (χ0) is 29.4. The number of carbonyl (C=O) groups is 3. The molecule has 8 nitrogen and oxygen atoms in total. The number of fused-ring (bicyclic) bond motifs is 1. The van der Waals surface area contributed by atoms with Crippen LogP contribution in [-0.2, 0) is 4.79 Å². The van der Waals surface area contributed by atoms with E-state index in [9.17, 15) is 14.4 Å². The molecule has 2 fully saturated rings. The molecular weight excluding hydrogens is 526 g/mol. The molecule has 6 rings (SSSR count). The van der Waals surface area contributed by atoms with Crippen LogP contribution in [0.1, 0.15) is 87.4 Å². The van der Waals surface area contributed by atoms with Gasteiger partial charge in [0, 0.05) is 47.3 Å². The fourth-order valence-electron chi connectivity index (χ4n) is 6.66. The van der Waals surface area contributed by atoms with Crippen LogP contribution in [-0.4, -0.2) is 64.7 Å². The number of aromatic amines is 1. The number of nitrogens with zero attached hydrogens (tertiary/aromatic N) is 2. The van der Waals surface area contributed by atoms with E-state index in [-0.39, 0.29) is 29.8 Å². The molecule has 8 heteroatoms. The van der Waals surface area contributed by atoms with Crippen LogP contribution in [0.5, 0.6) is 0 Å². The van der Waals surface area contributed by atoms with Crippen molar-refractivity contribution < 1.29 is 14.4 Å². The number of hydrogen-bond acceptors (Lipinski definition) is 4. The first-order valence-corrected chi connectivity index (χ1v) is 15.1. The van der Waals surface area contributed by atoms with Crippen molar-refractivity contribution in [2.75, 3.05) is 31.5 Å². The van der Waals surface area contributed by atoms with Crippen LogP contribution >= 0.6 is 0 Å². The van der Waals surface area contributed by atoms with Crippen molar-refractivity contribution >= 4 is 35.1 Å². The molecule has 0 saturated carbocycles. The van der Waals surface area contributed by atoms with E-state index >= 15 is 0 Å². The Kier molecular flexibility index (Phi) is 7.73. The minimum atomic E-state index is -0.232. The van der Waals surface area contributed by atoms with Gasteiger partial charge in [-0.3, -0.25) is 14.4 Å². The summed E-state index contributed by atoms with van der Waals surface area (Å²) in [4.78, 5) is 47.9. The van der Waals surface area contributed by atoms with Crippen molar-refractivity contribution in [1.29, 1.82) is 0 Å². The molecule has 2 atom stereocenters. The van der Waals surface area contributed by atoms with Gasteiger partial charge in [0.1, 0.15) is 0 Å². The Morgan fingerprint density at radius 1 is 1.05 bits per heavy atom. The van der Waals surface area contributed by atoms with Gasteiger partial charge in [0.15, 0.2) is 0 Å². The zero-order valence-corrected chi connectivity index (χ0v) is 24.6. The lowest BCUT2D eigenvalue weighted by molar-refractivity contribution is -0.110. The van der Waals surface area contributed by atoms with Gasteiger partial charge in [-0.25, -0.2) is 0 Å². The Morgan fingerprint density at radius 3 is 2.57 bits per heavy atom. The fourth-order valence-corrected chi connectivity index (χ4v) is 6.66. The van der Waals surface area contributed by atoms with Crippen LogP contribution in [0.4, 0.5) is 5.69 Å². The van der Waals surface area contributed by atoms with E-state index in [2.05, 4.69) is 25.4 Å². The van der Waals surface area contributed by atoms with E-state index in [4.69, 9.17) is 0 Å².